The molecule has 2 aliphatic carbocycles. The van der Waals surface area contributed by atoms with Crippen molar-refractivity contribution >= 4 is 11.6 Å². The van der Waals surface area contributed by atoms with Crippen LogP contribution in [0.2, 0.25) is 0 Å². The largest absolute Gasteiger partial charge is 0.490 e. The van der Waals surface area contributed by atoms with Crippen LogP contribution >= 0.6 is 0 Å². The Morgan fingerprint density at radius 1 is 0.962 bits per heavy atom. The van der Waals surface area contributed by atoms with Gasteiger partial charge in [-0.3, -0.25) is 9.59 Å². The van der Waals surface area contributed by atoms with Gasteiger partial charge in [0.2, 0.25) is 0 Å². The Morgan fingerprint density at radius 3 is 2.27 bits per heavy atom. The Balaban J connectivity index is 1.67. The Bertz CT molecular complexity index is 851. The standard InChI is InChI=1S/C22H23NO3/c1-12-10-14-11-13(8-9-19(14)26-12)20-21-15(4-2-6-17(21)24)23-16-5-3-7-18(25)22(16)20/h8-9,11-12,20,23H,2-7,10H2,1H3/t12-/m0/s1. The first kappa shape index (κ1) is 15.9. The van der Waals surface area contributed by atoms with Crippen molar-refractivity contribution < 1.29 is 14.3 Å². The van der Waals surface area contributed by atoms with Crippen molar-refractivity contribution in [2.24, 2.45) is 0 Å². The number of benzene rings is 1. The van der Waals surface area contributed by atoms with E-state index in [0.29, 0.717) is 12.8 Å². The van der Waals surface area contributed by atoms with E-state index in [0.717, 1.165) is 66.0 Å². The van der Waals surface area contributed by atoms with Gasteiger partial charge in [0, 0.05) is 47.7 Å². The second-order valence-corrected chi connectivity index (χ2v) is 7.90. The normalized spacial score (nSPS) is 25.5. The Morgan fingerprint density at radius 2 is 1.62 bits per heavy atom. The molecular weight excluding hydrogens is 326 g/mol. The van der Waals surface area contributed by atoms with Crippen LogP contribution in [-0.4, -0.2) is 17.7 Å². The molecule has 0 unspecified atom stereocenters. The molecular formula is C22H23NO3. The van der Waals surface area contributed by atoms with Gasteiger partial charge in [-0.1, -0.05) is 12.1 Å². The molecule has 0 amide bonds. The lowest BCUT2D eigenvalue weighted by Gasteiger charge is -2.37. The maximum Gasteiger partial charge on any atom is 0.161 e. The minimum atomic E-state index is -0.206. The van der Waals surface area contributed by atoms with Crippen LogP contribution in [0, 0.1) is 0 Å². The molecule has 0 fully saturated rings. The first-order chi connectivity index (χ1) is 12.6. The predicted molar refractivity (Wildman–Crippen MR) is 97.9 cm³/mol. The molecule has 2 aliphatic heterocycles. The van der Waals surface area contributed by atoms with E-state index in [1.165, 1.54) is 5.56 Å². The number of hydrogen-bond acceptors (Lipinski definition) is 4. The summed E-state index contributed by atoms with van der Waals surface area (Å²) in [6.07, 6.45) is 5.81. The van der Waals surface area contributed by atoms with Gasteiger partial charge in [0.05, 0.1) is 0 Å². The van der Waals surface area contributed by atoms with E-state index >= 15 is 0 Å². The highest BCUT2D eigenvalue weighted by Gasteiger charge is 2.40. The number of carbonyl (C=O) groups excluding carboxylic acids is 2. The highest BCUT2D eigenvalue weighted by molar-refractivity contribution is 6.06. The third-order valence-electron chi connectivity index (χ3n) is 6.04. The fraction of sp³-hybridized carbons (Fsp3) is 0.455. The monoisotopic (exact) mass is 349 g/mol. The molecule has 4 heteroatoms. The maximum absolute atomic E-state index is 12.8. The van der Waals surface area contributed by atoms with Crippen molar-refractivity contribution in [1.82, 2.24) is 5.32 Å². The molecule has 0 radical (unpaired) electrons. The molecule has 0 bridgehead atoms. The third-order valence-corrected chi connectivity index (χ3v) is 6.04. The van der Waals surface area contributed by atoms with Crippen LogP contribution in [0.4, 0.5) is 0 Å². The molecule has 0 saturated carbocycles. The summed E-state index contributed by atoms with van der Waals surface area (Å²) in [4.78, 5) is 25.6. The van der Waals surface area contributed by atoms with Crippen molar-refractivity contribution in [3.63, 3.8) is 0 Å². The van der Waals surface area contributed by atoms with E-state index in [9.17, 15) is 9.59 Å². The van der Waals surface area contributed by atoms with Gasteiger partial charge in [-0.2, -0.15) is 0 Å². The van der Waals surface area contributed by atoms with Crippen LogP contribution in [0.25, 0.3) is 0 Å². The topological polar surface area (TPSA) is 55.4 Å². The molecule has 1 aromatic rings. The Hall–Kier alpha value is -2.36. The van der Waals surface area contributed by atoms with Gasteiger partial charge in [-0.15, -0.1) is 0 Å². The predicted octanol–water partition coefficient (Wildman–Crippen LogP) is 3.71. The van der Waals surface area contributed by atoms with E-state index in [1.54, 1.807) is 0 Å². The van der Waals surface area contributed by atoms with Crippen molar-refractivity contribution in [2.45, 2.75) is 63.9 Å². The minimum absolute atomic E-state index is 0.186. The molecule has 0 aromatic heterocycles. The molecule has 0 saturated heterocycles. The summed E-state index contributed by atoms with van der Waals surface area (Å²) in [5.74, 6) is 1.11. The summed E-state index contributed by atoms with van der Waals surface area (Å²) in [6, 6.07) is 6.22. The Kier molecular flexibility index (Phi) is 3.56. The van der Waals surface area contributed by atoms with E-state index < -0.39 is 0 Å². The van der Waals surface area contributed by atoms with Gasteiger partial charge in [0.25, 0.3) is 0 Å². The molecule has 4 aliphatic rings. The summed E-state index contributed by atoms with van der Waals surface area (Å²) in [5.41, 5.74) is 6.00. The first-order valence-electron chi connectivity index (χ1n) is 9.71. The number of dihydropyridines is 1. The van der Waals surface area contributed by atoms with Crippen molar-refractivity contribution in [3.8, 4) is 5.75 Å². The van der Waals surface area contributed by atoms with Crippen LogP contribution in [-0.2, 0) is 16.0 Å². The molecule has 26 heavy (non-hydrogen) atoms. The quantitative estimate of drug-likeness (QED) is 0.840. The minimum Gasteiger partial charge on any atom is -0.490 e. The number of nitrogens with one attached hydrogen (secondary N) is 1. The van der Waals surface area contributed by atoms with Gasteiger partial charge in [-0.05, 0) is 49.8 Å². The van der Waals surface area contributed by atoms with Crippen LogP contribution < -0.4 is 10.1 Å². The number of fused-ring (bicyclic) bond motifs is 1. The van der Waals surface area contributed by atoms with Crippen LogP contribution in [0.15, 0.2) is 40.7 Å². The molecule has 2 heterocycles. The molecule has 1 atom stereocenters. The van der Waals surface area contributed by atoms with Crippen LogP contribution in [0.1, 0.15) is 62.5 Å². The summed E-state index contributed by atoms with van der Waals surface area (Å²) in [7, 11) is 0. The van der Waals surface area contributed by atoms with E-state index in [1.807, 2.05) is 12.1 Å². The smallest absolute Gasteiger partial charge is 0.161 e. The van der Waals surface area contributed by atoms with Crippen molar-refractivity contribution in [3.05, 3.63) is 51.9 Å². The van der Waals surface area contributed by atoms with Gasteiger partial charge in [-0.25, -0.2) is 0 Å². The number of rotatable bonds is 1. The zero-order valence-electron chi connectivity index (χ0n) is 15.1. The molecule has 134 valence electrons. The van der Waals surface area contributed by atoms with Crippen LogP contribution in [0.3, 0.4) is 0 Å². The fourth-order valence-corrected chi connectivity index (χ4v) is 4.94. The molecule has 0 spiro atoms. The zero-order chi connectivity index (χ0) is 17.8. The average molecular weight is 349 g/mol. The SMILES string of the molecule is C[C@H]1Cc2cc(C3C4=C(CCCC4=O)NC4=C3C(=O)CCC4)ccc2O1. The summed E-state index contributed by atoms with van der Waals surface area (Å²) >= 11 is 0. The second kappa shape index (κ2) is 5.83. The number of hydrogen-bond donors (Lipinski definition) is 1. The van der Waals surface area contributed by atoms with Gasteiger partial charge in [0.1, 0.15) is 11.9 Å². The highest BCUT2D eigenvalue weighted by atomic mass is 16.5. The number of ether oxygens (including phenoxy) is 1. The number of ketones is 2. The first-order valence-corrected chi connectivity index (χ1v) is 9.71. The molecule has 1 N–H and O–H groups in total. The lowest BCUT2D eigenvalue weighted by Crippen LogP contribution is -2.36. The van der Waals surface area contributed by atoms with E-state index in [2.05, 4.69) is 18.3 Å². The fourth-order valence-electron chi connectivity index (χ4n) is 4.94. The lowest BCUT2D eigenvalue weighted by molar-refractivity contribution is -0.116. The lowest BCUT2D eigenvalue weighted by atomic mass is 9.71. The number of Topliss-reactive ketones (excluding diaryl/α,β-unsaturated/α-hetero) is 2. The maximum atomic E-state index is 12.8. The zero-order valence-corrected chi connectivity index (χ0v) is 15.1. The van der Waals surface area contributed by atoms with Crippen molar-refractivity contribution in [1.29, 1.82) is 0 Å². The van der Waals surface area contributed by atoms with E-state index in [-0.39, 0.29) is 23.6 Å². The summed E-state index contributed by atoms with van der Waals surface area (Å²) < 4.78 is 5.83. The van der Waals surface area contributed by atoms with Gasteiger partial charge < -0.3 is 10.1 Å². The van der Waals surface area contributed by atoms with Crippen molar-refractivity contribution in [2.75, 3.05) is 0 Å². The molecule has 1 aromatic carbocycles. The molecule has 4 nitrogen and oxygen atoms in total. The van der Waals surface area contributed by atoms with Gasteiger partial charge >= 0.3 is 0 Å². The highest BCUT2D eigenvalue weighted by Crippen LogP contribution is 2.46. The third kappa shape index (κ3) is 2.35. The number of carbonyl (C=O) groups is 2. The van der Waals surface area contributed by atoms with Gasteiger partial charge in [0.15, 0.2) is 11.6 Å². The molecule has 5 rings (SSSR count). The Labute approximate surface area is 153 Å². The van der Waals surface area contributed by atoms with E-state index in [4.69, 9.17) is 4.74 Å². The number of allylic oxidation sites excluding steroid dienone is 4. The van der Waals surface area contributed by atoms with Crippen LogP contribution in [0.5, 0.6) is 5.75 Å². The average Bonchev–Trinajstić information content (AvgIpc) is 2.99. The summed E-state index contributed by atoms with van der Waals surface area (Å²) in [5, 5.41) is 3.47. The second-order valence-electron chi connectivity index (χ2n) is 7.90. The summed E-state index contributed by atoms with van der Waals surface area (Å²) in [6.45, 7) is 2.07.